The van der Waals surface area contributed by atoms with Crippen molar-refractivity contribution in [3.63, 3.8) is 0 Å². The summed E-state index contributed by atoms with van der Waals surface area (Å²) >= 11 is 0. The van der Waals surface area contributed by atoms with Gasteiger partial charge in [0.05, 0.1) is 12.1 Å². The van der Waals surface area contributed by atoms with Crippen molar-refractivity contribution in [3.8, 4) is 0 Å². The van der Waals surface area contributed by atoms with Crippen LogP contribution in [0.4, 0.5) is 0 Å². The van der Waals surface area contributed by atoms with Crippen molar-refractivity contribution >= 4 is 0 Å². The van der Waals surface area contributed by atoms with Crippen molar-refractivity contribution in [2.75, 3.05) is 6.61 Å². The zero-order chi connectivity index (χ0) is 20.2. The van der Waals surface area contributed by atoms with Gasteiger partial charge >= 0.3 is 0 Å². The van der Waals surface area contributed by atoms with E-state index in [0.29, 0.717) is 6.61 Å². The lowest BCUT2D eigenvalue weighted by molar-refractivity contribution is -0.127. The summed E-state index contributed by atoms with van der Waals surface area (Å²) in [6.07, 6.45) is 20.4. The molecule has 0 saturated heterocycles. The largest absolute Gasteiger partial charge is 0.387 e. The van der Waals surface area contributed by atoms with Crippen LogP contribution < -0.4 is 5.73 Å². The number of aliphatic hydroxyl groups is 2. The van der Waals surface area contributed by atoms with Crippen LogP contribution in [0.5, 0.6) is 0 Å². The average molecular weight is 386 g/mol. The third kappa shape index (κ3) is 17.4. The first-order chi connectivity index (χ1) is 13.1. The minimum atomic E-state index is -1.11. The molecule has 0 heterocycles. The minimum Gasteiger partial charge on any atom is -0.387 e. The normalized spacial score (nSPS) is 15.3. The number of rotatable bonds is 20. The molecule has 0 bridgehead atoms. The lowest BCUT2D eigenvalue weighted by Gasteiger charge is -2.22. The molecule has 162 valence electrons. The average Bonchev–Trinajstić information content (AvgIpc) is 2.67. The number of ether oxygens (including phenoxy) is 1. The molecule has 0 aromatic rings. The molecule has 0 aliphatic rings. The van der Waals surface area contributed by atoms with Crippen LogP contribution in [0, 0.1) is 0 Å². The first-order valence-corrected chi connectivity index (χ1v) is 11.5. The maximum absolute atomic E-state index is 10.0. The van der Waals surface area contributed by atoms with Gasteiger partial charge in [-0.1, -0.05) is 103 Å². The Labute approximate surface area is 168 Å². The van der Waals surface area contributed by atoms with E-state index in [1.54, 1.807) is 6.08 Å². The van der Waals surface area contributed by atoms with Gasteiger partial charge in [0, 0.05) is 6.61 Å². The third-order valence-electron chi connectivity index (χ3n) is 5.07. The summed E-state index contributed by atoms with van der Waals surface area (Å²) in [6, 6.07) is -0.791. The Kier molecular flexibility index (Phi) is 20.0. The van der Waals surface area contributed by atoms with Crippen molar-refractivity contribution in [2.45, 2.75) is 129 Å². The Morgan fingerprint density at radius 2 is 1.22 bits per heavy atom. The highest BCUT2D eigenvalue weighted by molar-refractivity contribution is 4.94. The first kappa shape index (κ1) is 26.6. The molecule has 3 atom stereocenters. The van der Waals surface area contributed by atoms with Gasteiger partial charge in [0.25, 0.3) is 0 Å². The van der Waals surface area contributed by atoms with Gasteiger partial charge in [0.15, 0.2) is 6.29 Å². The molecule has 0 aromatic carbocycles. The van der Waals surface area contributed by atoms with Crippen LogP contribution in [0.3, 0.4) is 0 Å². The maximum Gasteiger partial charge on any atom is 0.172 e. The monoisotopic (exact) mass is 385 g/mol. The molecule has 0 amide bonds. The molecule has 0 spiro atoms. The Balaban J connectivity index is 3.52. The van der Waals surface area contributed by atoms with Gasteiger partial charge in [0.1, 0.15) is 0 Å². The SMILES string of the molecule is CCCCCCCCCCCCC/C=C/C(O)C(N)C(O)OCCCCC. The number of hydrogen-bond acceptors (Lipinski definition) is 4. The van der Waals surface area contributed by atoms with Gasteiger partial charge < -0.3 is 20.7 Å². The molecular formula is C23H47NO3. The number of aliphatic hydroxyl groups excluding tert-OH is 2. The standard InChI is InChI=1S/C23H47NO3/c1-3-5-7-8-9-10-11-12-13-14-15-16-17-19-21(25)22(24)23(26)27-20-18-6-4-2/h17,19,21-23,25-26H,3-16,18,20,24H2,1-2H3/b19-17+. The molecule has 4 nitrogen and oxygen atoms in total. The predicted octanol–water partition coefficient (Wildman–Crippen LogP) is 5.46. The van der Waals surface area contributed by atoms with Gasteiger partial charge in [-0.15, -0.1) is 0 Å². The second-order valence-electron chi connectivity index (χ2n) is 7.79. The fourth-order valence-corrected chi connectivity index (χ4v) is 3.13. The van der Waals surface area contributed by atoms with Crippen LogP contribution in [0.25, 0.3) is 0 Å². The number of unbranched alkanes of at least 4 members (excludes halogenated alkanes) is 13. The molecule has 0 fully saturated rings. The molecule has 0 aliphatic heterocycles. The minimum absolute atomic E-state index is 0.484. The van der Waals surface area contributed by atoms with Gasteiger partial charge in [0.2, 0.25) is 0 Å². The Morgan fingerprint density at radius 1 is 0.741 bits per heavy atom. The van der Waals surface area contributed by atoms with E-state index in [1.165, 1.54) is 64.2 Å². The zero-order valence-corrected chi connectivity index (χ0v) is 18.1. The fraction of sp³-hybridized carbons (Fsp3) is 0.913. The van der Waals surface area contributed by atoms with Gasteiger partial charge in [-0.2, -0.15) is 0 Å². The van der Waals surface area contributed by atoms with Crippen molar-refractivity contribution in [1.29, 1.82) is 0 Å². The van der Waals surface area contributed by atoms with E-state index in [1.807, 2.05) is 6.08 Å². The Bertz CT molecular complexity index is 323. The van der Waals surface area contributed by atoms with Crippen LogP contribution >= 0.6 is 0 Å². The van der Waals surface area contributed by atoms with E-state index in [4.69, 9.17) is 10.5 Å². The summed E-state index contributed by atoms with van der Waals surface area (Å²) < 4.78 is 5.28. The molecule has 4 heteroatoms. The van der Waals surface area contributed by atoms with Crippen LogP contribution in [0.1, 0.15) is 110 Å². The van der Waals surface area contributed by atoms with Gasteiger partial charge in [-0.25, -0.2) is 0 Å². The molecule has 0 radical (unpaired) electrons. The van der Waals surface area contributed by atoms with E-state index in [0.717, 1.165) is 32.1 Å². The van der Waals surface area contributed by atoms with Crippen molar-refractivity contribution in [2.24, 2.45) is 5.73 Å². The molecule has 0 rings (SSSR count). The smallest absolute Gasteiger partial charge is 0.172 e. The van der Waals surface area contributed by atoms with Crippen LogP contribution in [-0.4, -0.2) is 35.3 Å². The van der Waals surface area contributed by atoms with Crippen molar-refractivity contribution in [1.82, 2.24) is 0 Å². The number of nitrogens with two attached hydrogens (primary N) is 1. The second kappa shape index (κ2) is 20.3. The maximum atomic E-state index is 10.0. The molecule has 27 heavy (non-hydrogen) atoms. The second-order valence-corrected chi connectivity index (χ2v) is 7.79. The van der Waals surface area contributed by atoms with Crippen LogP contribution in [0.2, 0.25) is 0 Å². The summed E-state index contributed by atoms with van der Waals surface area (Å²) in [7, 11) is 0. The summed E-state index contributed by atoms with van der Waals surface area (Å²) in [6.45, 7) is 4.86. The lowest BCUT2D eigenvalue weighted by atomic mass is 10.0. The molecule has 0 aliphatic carbocycles. The highest BCUT2D eigenvalue weighted by atomic mass is 16.6. The zero-order valence-electron chi connectivity index (χ0n) is 18.1. The Hall–Kier alpha value is -0.420. The summed E-state index contributed by atoms with van der Waals surface area (Å²) in [5.41, 5.74) is 5.85. The van der Waals surface area contributed by atoms with E-state index < -0.39 is 18.4 Å². The first-order valence-electron chi connectivity index (χ1n) is 11.5. The van der Waals surface area contributed by atoms with Gasteiger partial charge in [-0.05, 0) is 19.3 Å². The van der Waals surface area contributed by atoms with Crippen molar-refractivity contribution < 1.29 is 14.9 Å². The van der Waals surface area contributed by atoms with E-state index in [2.05, 4.69) is 13.8 Å². The Morgan fingerprint density at radius 3 is 1.78 bits per heavy atom. The summed E-state index contributed by atoms with van der Waals surface area (Å²) in [5.74, 6) is 0. The molecule has 3 unspecified atom stereocenters. The van der Waals surface area contributed by atoms with Crippen molar-refractivity contribution in [3.05, 3.63) is 12.2 Å². The van der Waals surface area contributed by atoms with Crippen LogP contribution in [0.15, 0.2) is 12.2 Å². The molecule has 0 saturated carbocycles. The quantitative estimate of drug-likeness (QED) is 0.148. The van der Waals surface area contributed by atoms with E-state index >= 15 is 0 Å². The van der Waals surface area contributed by atoms with Gasteiger partial charge in [-0.3, -0.25) is 0 Å². The molecule has 4 N–H and O–H groups in total. The molecule has 0 aromatic heterocycles. The van der Waals surface area contributed by atoms with Crippen LogP contribution in [-0.2, 0) is 4.74 Å². The third-order valence-corrected chi connectivity index (χ3v) is 5.07. The number of hydrogen-bond donors (Lipinski definition) is 3. The highest BCUT2D eigenvalue weighted by Crippen LogP contribution is 2.12. The fourth-order valence-electron chi connectivity index (χ4n) is 3.13. The summed E-state index contributed by atoms with van der Waals surface area (Å²) in [5, 5.41) is 19.9. The number of allylic oxidation sites excluding steroid dienone is 1. The highest BCUT2D eigenvalue weighted by Gasteiger charge is 2.21. The summed E-state index contributed by atoms with van der Waals surface area (Å²) in [4.78, 5) is 0. The molecular weight excluding hydrogens is 338 g/mol. The van der Waals surface area contributed by atoms with E-state index in [-0.39, 0.29) is 0 Å². The van der Waals surface area contributed by atoms with E-state index in [9.17, 15) is 10.2 Å². The predicted molar refractivity (Wildman–Crippen MR) is 116 cm³/mol. The lowest BCUT2D eigenvalue weighted by Crippen LogP contribution is -2.45. The topological polar surface area (TPSA) is 75.7 Å².